The second-order valence-electron chi connectivity index (χ2n) is 4.11. The molecule has 0 bridgehead atoms. The van der Waals surface area contributed by atoms with Gasteiger partial charge in [0.05, 0.1) is 12.4 Å². The number of sulfonamides is 1. The van der Waals surface area contributed by atoms with Crippen LogP contribution in [0.2, 0.25) is 0 Å². The molecule has 0 radical (unpaired) electrons. The van der Waals surface area contributed by atoms with Crippen LogP contribution >= 0.6 is 0 Å². The van der Waals surface area contributed by atoms with Crippen molar-refractivity contribution in [1.82, 2.24) is 4.31 Å². The maximum absolute atomic E-state index is 11.5. The Hall–Kier alpha value is -1.07. The van der Waals surface area contributed by atoms with Gasteiger partial charge in [0.15, 0.2) is 0 Å². The van der Waals surface area contributed by atoms with Crippen molar-refractivity contribution in [1.29, 1.82) is 0 Å². The van der Waals surface area contributed by atoms with Crippen molar-refractivity contribution in [3.63, 3.8) is 0 Å². The summed E-state index contributed by atoms with van der Waals surface area (Å²) in [6, 6.07) is 7.70. The molecular formula is C12H19NO3S. The average Bonchev–Trinajstić information content (AvgIpc) is 2.26. The van der Waals surface area contributed by atoms with Gasteiger partial charge in [-0.3, -0.25) is 0 Å². The maximum Gasteiger partial charge on any atom is 0.213 e. The molecule has 0 aliphatic heterocycles. The fourth-order valence-corrected chi connectivity index (χ4v) is 2.10. The molecule has 0 saturated heterocycles. The van der Waals surface area contributed by atoms with Crippen LogP contribution in [0.5, 0.6) is 5.75 Å². The van der Waals surface area contributed by atoms with E-state index in [1.165, 1.54) is 24.0 Å². The van der Waals surface area contributed by atoms with Gasteiger partial charge in [-0.25, -0.2) is 12.7 Å². The summed E-state index contributed by atoms with van der Waals surface area (Å²) < 4.78 is 29.6. The van der Waals surface area contributed by atoms with Crippen molar-refractivity contribution in [3.05, 3.63) is 29.8 Å². The Labute approximate surface area is 103 Å². The highest BCUT2D eigenvalue weighted by molar-refractivity contribution is 7.89. The minimum absolute atomic E-state index is 0.117. The summed E-state index contributed by atoms with van der Waals surface area (Å²) in [7, 11) is -0.0303. The number of hydrogen-bond donors (Lipinski definition) is 0. The monoisotopic (exact) mass is 257 g/mol. The van der Waals surface area contributed by atoms with Crippen molar-refractivity contribution in [2.75, 3.05) is 26.5 Å². The zero-order valence-electron chi connectivity index (χ0n) is 10.5. The number of hydrogen-bond acceptors (Lipinski definition) is 3. The van der Waals surface area contributed by atoms with Crippen LogP contribution in [0.15, 0.2) is 24.3 Å². The van der Waals surface area contributed by atoms with Crippen LogP contribution < -0.4 is 4.74 Å². The van der Waals surface area contributed by atoms with Gasteiger partial charge in [0.2, 0.25) is 10.0 Å². The molecule has 0 aliphatic carbocycles. The van der Waals surface area contributed by atoms with Gasteiger partial charge in [0.1, 0.15) is 5.75 Å². The highest BCUT2D eigenvalue weighted by atomic mass is 32.2. The Balaban J connectivity index is 2.32. The predicted molar refractivity (Wildman–Crippen MR) is 68.8 cm³/mol. The van der Waals surface area contributed by atoms with Crippen LogP contribution in [0, 0.1) is 6.92 Å². The van der Waals surface area contributed by atoms with Gasteiger partial charge in [-0.15, -0.1) is 0 Å². The molecule has 17 heavy (non-hydrogen) atoms. The van der Waals surface area contributed by atoms with Crippen molar-refractivity contribution in [3.8, 4) is 5.75 Å². The molecular weight excluding hydrogens is 238 g/mol. The van der Waals surface area contributed by atoms with Crippen LogP contribution in [-0.2, 0) is 10.0 Å². The number of rotatable bonds is 6. The van der Waals surface area contributed by atoms with Gasteiger partial charge in [0.25, 0.3) is 0 Å². The third-order valence-electron chi connectivity index (χ3n) is 2.39. The van der Waals surface area contributed by atoms with E-state index in [0.29, 0.717) is 13.0 Å². The topological polar surface area (TPSA) is 46.6 Å². The van der Waals surface area contributed by atoms with E-state index in [-0.39, 0.29) is 5.75 Å². The SMILES string of the molecule is Cc1ccc(OCCCS(=O)(=O)N(C)C)cc1. The summed E-state index contributed by atoms with van der Waals surface area (Å²) in [5, 5.41) is 0. The maximum atomic E-state index is 11.5. The standard InChI is InChI=1S/C12H19NO3S/c1-11-5-7-12(8-6-11)16-9-4-10-17(14,15)13(2)3/h5-8H,4,9-10H2,1-3H3. The molecule has 0 spiro atoms. The van der Waals surface area contributed by atoms with E-state index >= 15 is 0 Å². The summed E-state index contributed by atoms with van der Waals surface area (Å²) in [6.45, 7) is 2.42. The summed E-state index contributed by atoms with van der Waals surface area (Å²) in [5.74, 6) is 0.893. The summed E-state index contributed by atoms with van der Waals surface area (Å²) >= 11 is 0. The summed E-state index contributed by atoms with van der Waals surface area (Å²) in [5.41, 5.74) is 1.17. The third kappa shape index (κ3) is 4.75. The van der Waals surface area contributed by atoms with Gasteiger partial charge < -0.3 is 4.74 Å². The molecule has 0 heterocycles. The Morgan fingerprint density at radius 1 is 1.18 bits per heavy atom. The normalized spacial score (nSPS) is 11.8. The van der Waals surface area contributed by atoms with Crippen molar-refractivity contribution in [2.24, 2.45) is 0 Å². The Morgan fingerprint density at radius 2 is 1.76 bits per heavy atom. The average molecular weight is 257 g/mol. The largest absolute Gasteiger partial charge is 0.494 e. The van der Waals surface area contributed by atoms with Gasteiger partial charge >= 0.3 is 0 Å². The molecule has 0 unspecified atom stereocenters. The van der Waals surface area contributed by atoms with E-state index in [4.69, 9.17) is 4.74 Å². The smallest absolute Gasteiger partial charge is 0.213 e. The Bertz CT molecular complexity index is 437. The molecule has 4 nitrogen and oxygen atoms in total. The van der Waals surface area contributed by atoms with Gasteiger partial charge in [-0.1, -0.05) is 17.7 Å². The molecule has 0 amide bonds. The lowest BCUT2D eigenvalue weighted by Gasteiger charge is -2.11. The molecule has 0 saturated carbocycles. The summed E-state index contributed by atoms with van der Waals surface area (Å²) in [6.07, 6.45) is 0.494. The highest BCUT2D eigenvalue weighted by Crippen LogP contribution is 2.11. The first-order valence-corrected chi connectivity index (χ1v) is 7.12. The van der Waals surface area contributed by atoms with E-state index in [2.05, 4.69) is 0 Å². The number of benzene rings is 1. The minimum atomic E-state index is -3.11. The van der Waals surface area contributed by atoms with Crippen LogP contribution in [0.1, 0.15) is 12.0 Å². The van der Waals surface area contributed by atoms with E-state index in [1.54, 1.807) is 0 Å². The fraction of sp³-hybridized carbons (Fsp3) is 0.500. The molecule has 0 N–H and O–H groups in total. The van der Waals surface area contributed by atoms with Gasteiger partial charge in [0, 0.05) is 14.1 Å². The molecule has 0 aromatic heterocycles. The zero-order chi connectivity index (χ0) is 12.9. The predicted octanol–water partition coefficient (Wildman–Crippen LogP) is 1.66. The molecule has 0 fully saturated rings. The number of ether oxygens (including phenoxy) is 1. The Morgan fingerprint density at radius 3 is 2.29 bits per heavy atom. The highest BCUT2D eigenvalue weighted by Gasteiger charge is 2.12. The van der Waals surface area contributed by atoms with Crippen molar-refractivity contribution in [2.45, 2.75) is 13.3 Å². The molecule has 5 heteroatoms. The molecule has 1 aromatic carbocycles. The van der Waals surface area contributed by atoms with Crippen LogP contribution in [-0.4, -0.2) is 39.2 Å². The van der Waals surface area contributed by atoms with E-state index in [9.17, 15) is 8.42 Å². The third-order valence-corrected chi connectivity index (χ3v) is 4.31. The van der Waals surface area contributed by atoms with Gasteiger partial charge in [-0.05, 0) is 25.5 Å². The summed E-state index contributed by atoms with van der Waals surface area (Å²) in [4.78, 5) is 0. The van der Waals surface area contributed by atoms with Crippen molar-refractivity contribution < 1.29 is 13.2 Å². The van der Waals surface area contributed by atoms with E-state index in [0.717, 1.165) is 5.75 Å². The quantitative estimate of drug-likeness (QED) is 0.728. The second-order valence-corrected chi connectivity index (χ2v) is 6.42. The number of aryl methyl sites for hydroxylation is 1. The number of nitrogens with zero attached hydrogens (tertiary/aromatic N) is 1. The van der Waals surface area contributed by atoms with Gasteiger partial charge in [-0.2, -0.15) is 0 Å². The Kier molecular flexibility index (Phi) is 4.96. The van der Waals surface area contributed by atoms with E-state index in [1.807, 2.05) is 31.2 Å². The first-order chi connectivity index (χ1) is 7.92. The molecule has 96 valence electrons. The lowest BCUT2D eigenvalue weighted by Crippen LogP contribution is -2.25. The fourth-order valence-electron chi connectivity index (χ4n) is 1.25. The first kappa shape index (κ1) is 14.0. The van der Waals surface area contributed by atoms with E-state index < -0.39 is 10.0 Å². The van der Waals surface area contributed by atoms with Crippen LogP contribution in [0.25, 0.3) is 0 Å². The lowest BCUT2D eigenvalue weighted by molar-refractivity contribution is 0.317. The first-order valence-electron chi connectivity index (χ1n) is 5.51. The second kappa shape index (κ2) is 6.02. The van der Waals surface area contributed by atoms with Crippen LogP contribution in [0.3, 0.4) is 0 Å². The molecule has 0 atom stereocenters. The molecule has 0 aliphatic rings. The molecule has 1 aromatic rings. The van der Waals surface area contributed by atoms with Crippen LogP contribution in [0.4, 0.5) is 0 Å². The zero-order valence-corrected chi connectivity index (χ0v) is 11.3. The minimum Gasteiger partial charge on any atom is -0.494 e. The van der Waals surface area contributed by atoms with Crippen molar-refractivity contribution >= 4 is 10.0 Å². The molecule has 1 rings (SSSR count). The lowest BCUT2D eigenvalue weighted by atomic mass is 10.2.